The Kier molecular flexibility index (Phi) is 9.25. The van der Waals surface area contributed by atoms with Gasteiger partial charge in [0.05, 0.1) is 12.5 Å². The van der Waals surface area contributed by atoms with Crippen molar-refractivity contribution < 1.29 is 23.2 Å². The van der Waals surface area contributed by atoms with Crippen molar-refractivity contribution >= 4 is 23.5 Å². The predicted molar refractivity (Wildman–Crippen MR) is 133 cm³/mol. The van der Waals surface area contributed by atoms with Crippen molar-refractivity contribution in [3.8, 4) is 0 Å². The Morgan fingerprint density at radius 1 is 1.18 bits per heavy atom. The Morgan fingerprint density at radius 2 is 1.94 bits per heavy atom. The standard InChI is InChI=1S/C28H35NO5/c1-5-19(3)24(6-2)28(31)34-18-22(30)17-29-27-21(16-23-11-8-14-32-23)10-7-12-25(27)20(4)26-13-9-15-33-26/h8-9,11,13-16,20,25H,5-7,10,12,17-18H2,1-4H3/b21-16+,24-19-,29-27?. The van der Waals surface area contributed by atoms with Crippen LogP contribution in [0.25, 0.3) is 6.08 Å². The number of hydrogen-bond acceptors (Lipinski definition) is 6. The molecule has 0 radical (unpaired) electrons. The molecule has 34 heavy (non-hydrogen) atoms. The van der Waals surface area contributed by atoms with Gasteiger partial charge in [-0.2, -0.15) is 0 Å². The van der Waals surface area contributed by atoms with Crippen LogP contribution in [0.2, 0.25) is 0 Å². The normalized spacial score (nSPS) is 20.3. The Hall–Kier alpha value is -3.15. The lowest BCUT2D eigenvalue weighted by Gasteiger charge is -2.30. The molecule has 0 aliphatic heterocycles. The number of carbonyl (C=O) groups is 2. The second kappa shape index (κ2) is 12.4. The van der Waals surface area contributed by atoms with Crippen molar-refractivity contribution in [2.24, 2.45) is 10.9 Å². The summed E-state index contributed by atoms with van der Waals surface area (Å²) in [5.74, 6) is 1.28. The molecule has 182 valence electrons. The first-order chi connectivity index (χ1) is 16.4. The van der Waals surface area contributed by atoms with Gasteiger partial charge >= 0.3 is 5.97 Å². The van der Waals surface area contributed by atoms with Crippen molar-refractivity contribution in [2.75, 3.05) is 13.2 Å². The lowest BCUT2D eigenvalue weighted by atomic mass is 9.75. The first-order valence-corrected chi connectivity index (χ1v) is 12.1. The molecule has 3 rings (SSSR count). The van der Waals surface area contributed by atoms with Crippen LogP contribution in [-0.2, 0) is 14.3 Å². The van der Waals surface area contributed by atoms with E-state index in [1.165, 1.54) is 0 Å². The van der Waals surface area contributed by atoms with E-state index in [1.807, 2.05) is 51.1 Å². The minimum absolute atomic E-state index is 0.0303. The molecule has 6 heteroatoms. The van der Waals surface area contributed by atoms with E-state index < -0.39 is 5.97 Å². The lowest BCUT2D eigenvalue weighted by molar-refractivity contribution is -0.143. The van der Waals surface area contributed by atoms with E-state index in [1.54, 1.807) is 12.5 Å². The summed E-state index contributed by atoms with van der Waals surface area (Å²) in [7, 11) is 0. The molecule has 1 saturated carbocycles. The molecule has 6 nitrogen and oxygen atoms in total. The number of ketones is 1. The molecular formula is C28H35NO5. The Bertz CT molecular complexity index is 1040. The van der Waals surface area contributed by atoms with Crippen LogP contribution in [0.5, 0.6) is 0 Å². The van der Waals surface area contributed by atoms with Gasteiger partial charge in [0.25, 0.3) is 0 Å². The highest BCUT2D eigenvalue weighted by Gasteiger charge is 2.31. The summed E-state index contributed by atoms with van der Waals surface area (Å²) in [5.41, 5.74) is 3.61. The molecule has 2 unspecified atom stereocenters. The number of furan rings is 2. The second-order valence-electron chi connectivity index (χ2n) is 8.77. The van der Waals surface area contributed by atoms with Crippen LogP contribution in [0.15, 0.2) is 67.3 Å². The number of rotatable bonds is 10. The number of carbonyl (C=O) groups excluding carboxylic acids is 2. The quantitative estimate of drug-likeness (QED) is 0.293. The van der Waals surface area contributed by atoms with Crippen molar-refractivity contribution in [1.82, 2.24) is 0 Å². The third kappa shape index (κ3) is 6.46. The largest absolute Gasteiger partial charge is 0.469 e. The SMILES string of the molecule is CC/C(C)=C(/CC)C(=O)OCC(=O)CN=C1/C(=C/c2ccco2)CCCC1C(C)c1ccco1. The van der Waals surface area contributed by atoms with Gasteiger partial charge in [-0.15, -0.1) is 0 Å². The summed E-state index contributed by atoms with van der Waals surface area (Å²) in [6.45, 7) is 7.66. The van der Waals surface area contributed by atoms with Gasteiger partial charge in [0.1, 0.15) is 18.1 Å². The molecule has 2 aromatic heterocycles. The van der Waals surface area contributed by atoms with Crippen LogP contribution in [0, 0.1) is 5.92 Å². The molecule has 1 fully saturated rings. The number of ether oxygens (including phenoxy) is 1. The maximum atomic E-state index is 12.6. The van der Waals surface area contributed by atoms with Crippen LogP contribution < -0.4 is 0 Å². The fourth-order valence-electron chi connectivity index (χ4n) is 4.45. The van der Waals surface area contributed by atoms with Gasteiger partial charge in [-0.05, 0) is 74.9 Å². The summed E-state index contributed by atoms with van der Waals surface area (Å²) in [6.07, 6.45) is 9.55. The Labute approximate surface area is 201 Å². The van der Waals surface area contributed by atoms with Crippen LogP contribution in [0.3, 0.4) is 0 Å². The number of allylic oxidation sites excluding steroid dienone is 2. The average Bonchev–Trinajstić information content (AvgIpc) is 3.56. The molecule has 0 N–H and O–H groups in total. The molecule has 2 heterocycles. The second-order valence-corrected chi connectivity index (χ2v) is 8.77. The first kappa shape index (κ1) is 25.5. The van der Waals surface area contributed by atoms with E-state index in [4.69, 9.17) is 18.6 Å². The summed E-state index contributed by atoms with van der Waals surface area (Å²) in [5, 5.41) is 0. The van der Waals surface area contributed by atoms with E-state index in [0.717, 1.165) is 54.1 Å². The van der Waals surface area contributed by atoms with E-state index in [0.29, 0.717) is 12.0 Å². The maximum Gasteiger partial charge on any atom is 0.334 e. The number of Topliss-reactive ketones (excluding diaryl/α,β-unsaturated/α-hetero) is 1. The van der Waals surface area contributed by atoms with Crippen molar-refractivity contribution in [3.63, 3.8) is 0 Å². The van der Waals surface area contributed by atoms with Gasteiger partial charge in [-0.3, -0.25) is 9.79 Å². The molecule has 0 saturated heterocycles. The first-order valence-electron chi connectivity index (χ1n) is 12.1. The van der Waals surface area contributed by atoms with Gasteiger partial charge in [0.2, 0.25) is 0 Å². The Balaban J connectivity index is 1.77. The van der Waals surface area contributed by atoms with Crippen LogP contribution in [0.1, 0.15) is 77.2 Å². The number of esters is 1. The van der Waals surface area contributed by atoms with Gasteiger partial charge in [0, 0.05) is 23.1 Å². The zero-order valence-corrected chi connectivity index (χ0v) is 20.6. The van der Waals surface area contributed by atoms with Crippen molar-refractivity contribution in [1.29, 1.82) is 0 Å². The summed E-state index contributed by atoms with van der Waals surface area (Å²) in [4.78, 5) is 29.8. The lowest BCUT2D eigenvalue weighted by Crippen LogP contribution is -2.28. The van der Waals surface area contributed by atoms with E-state index in [9.17, 15) is 9.59 Å². The molecule has 2 atom stereocenters. The third-order valence-electron chi connectivity index (χ3n) is 6.53. The monoisotopic (exact) mass is 465 g/mol. The molecular weight excluding hydrogens is 430 g/mol. The highest BCUT2D eigenvalue weighted by molar-refractivity contribution is 6.07. The zero-order chi connectivity index (χ0) is 24.5. The Morgan fingerprint density at radius 3 is 2.59 bits per heavy atom. The van der Waals surface area contributed by atoms with E-state index in [2.05, 4.69) is 6.92 Å². The van der Waals surface area contributed by atoms with Crippen LogP contribution >= 0.6 is 0 Å². The van der Waals surface area contributed by atoms with Gasteiger partial charge in [-0.25, -0.2) is 4.79 Å². The topological polar surface area (TPSA) is 82.0 Å². The number of hydrogen-bond donors (Lipinski definition) is 0. The van der Waals surface area contributed by atoms with Crippen LogP contribution in [-0.4, -0.2) is 30.6 Å². The fourth-order valence-corrected chi connectivity index (χ4v) is 4.45. The van der Waals surface area contributed by atoms with Crippen LogP contribution in [0.4, 0.5) is 0 Å². The van der Waals surface area contributed by atoms with Gasteiger partial charge in [0.15, 0.2) is 12.4 Å². The summed E-state index contributed by atoms with van der Waals surface area (Å²) < 4.78 is 16.5. The fraction of sp³-hybridized carbons (Fsp3) is 0.464. The van der Waals surface area contributed by atoms with Gasteiger partial charge in [-0.1, -0.05) is 26.3 Å². The molecule has 2 aromatic rings. The highest BCUT2D eigenvalue weighted by Crippen LogP contribution is 2.37. The average molecular weight is 466 g/mol. The number of nitrogens with zero attached hydrogens (tertiary/aromatic N) is 1. The minimum Gasteiger partial charge on any atom is -0.469 e. The van der Waals surface area contributed by atoms with Crippen molar-refractivity contribution in [3.05, 3.63) is 65.0 Å². The highest BCUT2D eigenvalue weighted by atomic mass is 16.5. The zero-order valence-electron chi connectivity index (χ0n) is 20.6. The molecule has 0 aromatic carbocycles. The maximum absolute atomic E-state index is 12.6. The number of aliphatic imine (C=N–C) groups is 1. The molecule has 0 bridgehead atoms. The van der Waals surface area contributed by atoms with E-state index in [-0.39, 0.29) is 30.8 Å². The minimum atomic E-state index is -0.414. The molecule has 1 aliphatic carbocycles. The predicted octanol–water partition coefficient (Wildman–Crippen LogP) is 6.55. The van der Waals surface area contributed by atoms with Crippen molar-refractivity contribution in [2.45, 2.75) is 65.7 Å². The van der Waals surface area contributed by atoms with E-state index >= 15 is 0 Å². The third-order valence-corrected chi connectivity index (χ3v) is 6.53. The molecule has 0 amide bonds. The van der Waals surface area contributed by atoms with Gasteiger partial charge < -0.3 is 13.6 Å². The smallest absolute Gasteiger partial charge is 0.334 e. The molecule has 1 aliphatic rings. The summed E-state index contributed by atoms with van der Waals surface area (Å²) in [6, 6.07) is 7.63. The summed E-state index contributed by atoms with van der Waals surface area (Å²) >= 11 is 0. The molecule has 0 spiro atoms.